The van der Waals surface area contributed by atoms with Crippen molar-refractivity contribution in [2.45, 2.75) is 219 Å². The number of hydrogen-bond donors (Lipinski definition) is 2. The summed E-state index contributed by atoms with van der Waals surface area (Å²) < 4.78 is 23.3. The van der Waals surface area contributed by atoms with Crippen molar-refractivity contribution in [2.24, 2.45) is 0 Å². The van der Waals surface area contributed by atoms with Gasteiger partial charge < -0.3 is 28.8 Å². The van der Waals surface area contributed by atoms with Crippen LogP contribution in [0.5, 0.6) is 0 Å². The van der Waals surface area contributed by atoms with E-state index < -0.39 is 20.0 Å². The maximum Gasteiger partial charge on any atom is 0.268 e. The Bertz CT molecular complexity index is 1090. The first-order chi connectivity index (χ1) is 28.0. The third-order valence-electron chi connectivity index (χ3n) is 10.6. The molecule has 0 saturated carbocycles. The summed E-state index contributed by atoms with van der Waals surface area (Å²) in [4.78, 5) is 25.3. The number of phosphoric acid groups is 1. The molecule has 0 bridgehead atoms. The van der Waals surface area contributed by atoms with Crippen LogP contribution in [0.15, 0.2) is 48.6 Å². The van der Waals surface area contributed by atoms with Gasteiger partial charge in [0.15, 0.2) is 0 Å². The molecule has 0 aromatic rings. The van der Waals surface area contributed by atoms with E-state index in [4.69, 9.17) is 9.05 Å². The van der Waals surface area contributed by atoms with Crippen LogP contribution in [0.2, 0.25) is 0 Å². The molecule has 340 valence electrons. The summed E-state index contributed by atoms with van der Waals surface area (Å²) in [5.41, 5.74) is 0. The average Bonchev–Trinajstić information content (AvgIpc) is 3.17. The van der Waals surface area contributed by atoms with E-state index in [0.717, 1.165) is 64.2 Å². The predicted molar refractivity (Wildman–Crippen MR) is 247 cm³/mol. The molecule has 2 N–H and O–H groups in total. The SMILES string of the molecule is CC/C=C\C/C=C\C/C=C\C/C=C\CCCCCCCCCCCCCCC(=O)NC(COP(=O)([O-])OCC[N+](C)(C)C)C(O)CCCCCCCCCCCCC. The number of aliphatic hydroxyl groups is 1. The van der Waals surface area contributed by atoms with Crippen LogP contribution in [-0.4, -0.2) is 68.5 Å². The molecule has 0 heterocycles. The van der Waals surface area contributed by atoms with Gasteiger partial charge in [-0.1, -0.05) is 197 Å². The number of rotatable bonds is 43. The monoisotopic (exact) mass is 837 g/mol. The number of hydrogen-bond acceptors (Lipinski definition) is 6. The minimum absolute atomic E-state index is 0.0107. The molecule has 0 spiro atoms. The molecular weight excluding hydrogens is 744 g/mol. The molecule has 3 unspecified atom stereocenters. The summed E-state index contributed by atoms with van der Waals surface area (Å²) in [7, 11) is 1.30. The highest BCUT2D eigenvalue weighted by Gasteiger charge is 2.24. The summed E-state index contributed by atoms with van der Waals surface area (Å²) >= 11 is 0. The minimum Gasteiger partial charge on any atom is -0.756 e. The molecule has 58 heavy (non-hydrogen) atoms. The van der Waals surface area contributed by atoms with Crippen molar-refractivity contribution in [2.75, 3.05) is 40.9 Å². The van der Waals surface area contributed by atoms with Crippen LogP contribution in [0.3, 0.4) is 0 Å². The Balaban J connectivity index is 4.18. The smallest absolute Gasteiger partial charge is 0.268 e. The lowest BCUT2D eigenvalue weighted by Gasteiger charge is -2.30. The third kappa shape index (κ3) is 42.6. The van der Waals surface area contributed by atoms with Crippen molar-refractivity contribution in [1.29, 1.82) is 0 Å². The van der Waals surface area contributed by atoms with Gasteiger partial charge in [0.25, 0.3) is 7.82 Å². The molecule has 9 heteroatoms. The van der Waals surface area contributed by atoms with E-state index in [2.05, 4.69) is 67.8 Å². The lowest BCUT2D eigenvalue weighted by Crippen LogP contribution is -2.46. The summed E-state index contributed by atoms with van der Waals surface area (Å²) in [5, 5.41) is 13.9. The van der Waals surface area contributed by atoms with Crippen LogP contribution < -0.4 is 10.2 Å². The fourth-order valence-corrected chi connectivity index (χ4v) is 7.52. The lowest BCUT2D eigenvalue weighted by atomic mass is 10.0. The summed E-state index contributed by atoms with van der Waals surface area (Å²) in [6.45, 7) is 4.59. The second-order valence-corrected chi connectivity index (χ2v) is 18.8. The van der Waals surface area contributed by atoms with Gasteiger partial charge in [-0.3, -0.25) is 9.36 Å². The molecule has 0 radical (unpaired) electrons. The average molecular weight is 837 g/mol. The third-order valence-corrected chi connectivity index (χ3v) is 11.5. The number of carbonyl (C=O) groups excluding carboxylic acids is 1. The molecule has 3 atom stereocenters. The van der Waals surface area contributed by atoms with Gasteiger partial charge in [0.05, 0.1) is 39.9 Å². The summed E-state index contributed by atoms with van der Waals surface area (Å²) in [5.74, 6) is -0.170. The van der Waals surface area contributed by atoms with Crippen LogP contribution >= 0.6 is 7.82 Å². The molecule has 0 aromatic heterocycles. The molecule has 0 fully saturated rings. The first kappa shape index (κ1) is 56.5. The van der Waals surface area contributed by atoms with Gasteiger partial charge >= 0.3 is 0 Å². The fraction of sp³-hybridized carbons (Fsp3) is 0.816. The minimum atomic E-state index is -4.56. The Hall–Kier alpha value is -1.54. The Kier molecular flexibility index (Phi) is 39.8. The van der Waals surface area contributed by atoms with Crippen molar-refractivity contribution < 1.29 is 32.9 Å². The first-order valence-electron chi connectivity index (χ1n) is 24.0. The number of quaternary nitrogens is 1. The van der Waals surface area contributed by atoms with Gasteiger partial charge in [-0.25, -0.2) is 0 Å². The van der Waals surface area contributed by atoms with Gasteiger partial charge in [0.2, 0.25) is 5.91 Å². The van der Waals surface area contributed by atoms with E-state index in [9.17, 15) is 19.4 Å². The molecule has 0 saturated heterocycles. The standard InChI is InChI=1S/C49H93N2O6P/c1-6-8-10-12-14-16-18-19-20-21-22-23-24-25-26-27-28-29-30-31-33-35-37-39-41-43-49(53)50-47(46-57-58(54,55)56-45-44-51(3,4)5)48(52)42-40-38-36-34-32-17-15-13-11-9-7-2/h8,10,14,16,19-20,22-23,47-48,52H,6-7,9,11-13,15,17-18,21,24-46H2,1-5H3,(H-,50,53,54,55)/b10-8-,16-14-,20-19-,23-22-. The van der Waals surface area contributed by atoms with Gasteiger partial charge in [0.1, 0.15) is 13.2 Å². The van der Waals surface area contributed by atoms with E-state index in [0.29, 0.717) is 23.9 Å². The zero-order chi connectivity index (χ0) is 42.8. The number of aliphatic hydroxyl groups excluding tert-OH is 1. The van der Waals surface area contributed by atoms with Crippen LogP contribution in [0.1, 0.15) is 206 Å². The van der Waals surface area contributed by atoms with Gasteiger partial charge in [0, 0.05) is 6.42 Å². The van der Waals surface area contributed by atoms with Crippen molar-refractivity contribution >= 4 is 13.7 Å². The second-order valence-electron chi connectivity index (χ2n) is 17.4. The number of amides is 1. The topological polar surface area (TPSA) is 108 Å². The van der Waals surface area contributed by atoms with Gasteiger partial charge in [-0.2, -0.15) is 0 Å². The van der Waals surface area contributed by atoms with E-state index >= 15 is 0 Å². The summed E-state index contributed by atoms with van der Waals surface area (Å²) in [6.07, 6.45) is 51.2. The predicted octanol–water partition coefficient (Wildman–Crippen LogP) is 13.0. The normalized spacial score (nSPS) is 14.7. The van der Waals surface area contributed by atoms with E-state index in [-0.39, 0.29) is 19.1 Å². The Morgan fingerprint density at radius 3 is 1.53 bits per heavy atom. The zero-order valence-electron chi connectivity index (χ0n) is 38.5. The van der Waals surface area contributed by atoms with Crippen LogP contribution in [0, 0.1) is 0 Å². The van der Waals surface area contributed by atoms with Crippen molar-refractivity contribution in [3.63, 3.8) is 0 Å². The van der Waals surface area contributed by atoms with Gasteiger partial charge in [-0.15, -0.1) is 0 Å². The maximum absolute atomic E-state index is 12.9. The number of allylic oxidation sites excluding steroid dienone is 8. The highest BCUT2D eigenvalue weighted by molar-refractivity contribution is 7.45. The number of phosphoric ester groups is 1. The molecule has 0 aliphatic heterocycles. The molecule has 8 nitrogen and oxygen atoms in total. The highest BCUT2D eigenvalue weighted by atomic mass is 31.2. The van der Waals surface area contributed by atoms with E-state index in [1.54, 1.807) is 0 Å². The first-order valence-corrected chi connectivity index (χ1v) is 25.4. The van der Waals surface area contributed by atoms with Crippen molar-refractivity contribution in [1.82, 2.24) is 5.32 Å². The molecule has 0 rings (SSSR count). The van der Waals surface area contributed by atoms with Crippen LogP contribution in [0.25, 0.3) is 0 Å². The largest absolute Gasteiger partial charge is 0.756 e. The molecular formula is C49H93N2O6P. The second kappa shape index (κ2) is 40.8. The lowest BCUT2D eigenvalue weighted by molar-refractivity contribution is -0.870. The highest BCUT2D eigenvalue weighted by Crippen LogP contribution is 2.38. The van der Waals surface area contributed by atoms with Gasteiger partial charge in [-0.05, 0) is 51.4 Å². The number of unbranched alkanes of at least 4 members (excludes halogenated alkanes) is 22. The van der Waals surface area contributed by atoms with Crippen molar-refractivity contribution in [3.05, 3.63) is 48.6 Å². The Labute approximate surface area is 359 Å². The fourth-order valence-electron chi connectivity index (χ4n) is 6.80. The Morgan fingerprint density at radius 1 is 0.621 bits per heavy atom. The van der Waals surface area contributed by atoms with Crippen molar-refractivity contribution in [3.8, 4) is 0 Å². The quantitative estimate of drug-likeness (QED) is 0.0274. The number of likely N-dealkylation sites (N-methyl/N-ethyl adjacent to an activating group) is 1. The molecule has 0 aromatic carbocycles. The zero-order valence-corrected chi connectivity index (χ0v) is 39.4. The molecule has 0 aliphatic rings. The molecule has 0 aliphatic carbocycles. The van der Waals surface area contributed by atoms with E-state index in [1.807, 2.05) is 21.1 Å². The molecule has 1 amide bonds. The van der Waals surface area contributed by atoms with Crippen LogP contribution in [0.4, 0.5) is 0 Å². The number of nitrogens with zero attached hydrogens (tertiary/aromatic N) is 1. The van der Waals surface area contributed by atoms with E-state index in [1.165, 1.54) is 116 Å². The Morgan fingerprint density at radius 2 is 1.05 bits per heavy atom. The van der Waals surface area contributed by atoms with Crippen LogP contribution in [-0.2, 0) is 18.4 Å². The summed E-state index contributed by atoms with van der Waals surface area (Å²) in [6, 6.07) is -0.801. The number of carbonyl (C=O) groups is 1. The number of nitrogens with one attached hydrogen (secondary N) is 1. The maximum atomic E-state index is 12.9.